The lowest BCUT2D eigenvalue weighted by Gasteiger charge is -2.31. The zero-order valence-corrected chi connectivity index (χ0v) is 13.7. The van der Waals surface area contributed by atoms with E-state index >= 15 is 0 Å². The van der Waals surface area contributed by atoms with Crippen molar-refractivity contribution in [2.45, 2.75) is 62.8 Å². The van der Waals surface area contributed by atoms with Crippen LogP contribution in [-0.2, 0) is 16.3 Å². The molecule has 0 radical (unpaired) electrons. The molecule has 1 fully saturated rings. The van der Waals surface area contributed by atoms with Crippen molar-refractivity contribution in [3.05, 3.63) is 34.9 Å². The Labute approximate surface area is 128 Å². The highest BCUT2D eigenvalue weighted by Gasteiger charge is 2.31. The first-order valence-corrected chi connectivity index (χ1v) is 9.93. The molecule has 3 unspecified atom stereocenters. The van der Waals surface area contributed by atoms with Crippen molar-refractivity contribution in [2.75, 3.05) is 6.26 Å². The number of nitrogens with one attached hydrogen (secondary N) is 1. The maximum absolute atomic E-state index is 11.8. The van der Waals surface area contributed by atoms with Crippen LogP contribution in [0.25, 0.3) is 0 Å². The van der Waals surface area contributed by atoms with Gasteiger partial charge in [-0.05, 0) is 50.2 Å². The van der Waals surface area contributed by atoms with Crippen molar-refractivity contribution >= 4 is 9.84 Å². The van der Waals surface area contributed by atoms with Crippen LogP contribution in [0.5, 0.6) is 0 Å². The van der Waals surface area contributed by atoms with Crippen LogP contribution in [0.1, 0.15) is 54.8 Å². The highest BCUT2D eigenvalue weighted by Crippen LogP contribution is 2.34. The van der Waals surface area contributed by atoms with E-state index in [1.807, 2.05) is 0 Å². The summed E-state index contributed by atoms with van der Waals surface area (Å²) in [5.74, 6) is 0. The fourth-order valence-electron chi connectivity index (χ4n) is 3.89. The van der Waals surface area contributed by atoms with Gasteiger partial charge in [-0.2, -0.15) is 0 Å². The Morgan fingerprint density at radius 2 is 2.00 bits per heavy atom. The summed E-state index contributed by atoms with van der Waals surface area (Å²) in [7, 11) is -2.90. The Morgan fingerprint density at radius 1 is 1.19 bits per heavy atom. The molecule has 0 aliphatic heterocycles. The van der Waals surface area contributed by atoms with E-state index in [1.54, 1.807) is 0 Å². The van der Waals surface area contributed by atoms with Crippen LogP contribution in [0.4, 0.5) is 0 Å². The van der Waals surface area contributed by atoms with Gasteiger partial charge in [-0.3, -0.25) is 0 Å². The molecule has 1 saturated carbocycles. The van der Waals surface area contributed by atoms with E-state index in [1.165, 1.54) is 22.9 Å². The number of hydrogen-bond acceptors (Lipinski definition) is 3. The first-order valence-electron chi connectivity index (χ1n) is 7.98. The van der Waals surface area contributed by atoms with E-state index in [4.69, 9.17) is 0 Å². The third kappa shape index (κ3) is 3.32. The molecule has 0 spiro atoms. The summed E-state index contributed by atoms with van der Waals surface area (Å²) in [5.41, 5.74) is 4.20. The van der Waals surface area contributed by atoms with Crippen LogP contribution in [0.15, 0.2) is 18.2 Å². The fourth-order valence-corrected chi connectivity index (χ4v) is 5.07. The van der Waals surface area contributed by atoms with Gasteiger partial charge in [0.15, 0.2) is 0 Å². The van der Waals surface area contributed by atoms with E-state index in [0.29, 0.717) is 12.1 Å². The monoisotopic (exact) mass is 307 g/mol. The SMILES string of the molecule is Cc1ccc2c(c1)CCC2NC1CCCC(S(C)(=O)=O)C1. The van der Waals surface area contributed by atoms with Crippen LogP contribution >= 0.6 is 0 Å². The minimum absolute atomic E-state index is 0.150. The Hall–Kier alpha value is -0.870. The van der Waals surface area contributed by atoms with Crippen molar-refractivity contribution in [3.8, 4) is 0 Å². The molecule has 1 N–H and O–H groups in total. The Kier molecular flexibility index (Phi) is 4.10. The number of aryl methyl sites for hydroxylation is 2. The van der Waals surface area contributed by atoms with Gasteiger partial charge in [0.2, 0.25) is 0 Å². The second-order valence-corrected chi connectivity index (χ2v) is 9.10. The second kappa shape index (κ2) is 5.73. The lowest BCUT2D eigenvalue weighted by Crippen LogP contribution is -2.40. The summed E-state index contributed by atoms with van der Waals surface area (Å²) in [6, 6.07) is 7.46. The molecule has 0 bridgehead atoms. The first kappa shape index (κ1) is 15.0. The molecule has 4 heteroatoms. The van der Waals surface area contributed by atoms with E-state index in [9.17, 15) is 8.42 Å². The average Bonchev–Trinajstić information content (AvgIpc) is 2.80. The Bertz CT molecular complexity index is 624. The summed E-state index contributed by atoms with van der Waals surface area (Å²) in [6.07, 6.45) is 7.38. The minimum atomic E-state index is -2.90. The normalized spacial score (nSPS) is 29.3. The van der Waals surface area contributed by atoms with E-state index in [2.05, 4.69) is 30.4 Å². The van der Waals surface area contributed by atoms with Crippen LogP contribution in [0.3, 0.4) is 0 Å². The Morgan fingerprint density at radius 3 is 2.76 bits per heavy atom. The molecule has 0 saturated heterocycles. The van der Waals surface area contributed by atoms with Crippen molar-refractivity contribution < 1.29 is 8.42 Å². The van der Waals surface area contributed by atoms with Crippen LogP contribution in [0.2, 0.25) is 0 Å². The lowest BCUT2D eigenvalue weighted by atomic mass is 9.93. The fraction of sp³-hybridized carbons (Fsp3) is 0.647. The summed E-state index contributed by atoms with van der Waals surface area (Å²) in [4.78, 5) is 0. The number of sulfone groups is 1. The molecule has 3 rings (SSSR count). The third-order valence-corrected chi connectivity index (χ3v) is 6.68. The van der Waals surface area contributed by atoms with Gasteiger partial charge in [-0.25, -0.2) is 8.42 Å². The molecule has 0 aromatic heterocycles. The molecule has 1 aromatic carbocycles. The smallest absolute Gasteiger partial charge is 0.150 e. The number of rotatable bonds is 3. The highest BCUT2D eigenvalue weighted by molar-refractivity contribution is 7.91. The third-order valence-electron chi connectivity index (χ3n) is 5.04. The Balaban J connectivity index is 1.68. The molecule has 1 aromatic rings. The highest BCUT2D eigenvalue weighted by atomic mass is 32.2. The molecule has 0 heterocycles. The van der Waals surface area contributed by atoms with Gasteiger partial charge >= 0.3 is 0 Å². The predicted octanol–water partition coefficient (Wildman–Crippen LogP) is 2.93. The van der Waals surface area contributed by atoms with Crippen molar-refractivity contribution in [2.24, 2.45) is 0 Å². The molecule has 0 amide bonds. The van der Waals surface area contributed by atoms with Gasteiger partial charge in [-0.1, -0.05) is 30.2 Å². The predicted molar refractivity (Wildman–Crippen MR) is 86.3 cm³/mol. The first-order chi connectivity index (χ1) is 9.93. The molecule has 3 nitrogen and oxygen atoms in total. The zero-order valence-electron chi connectivity index (χ0n) is 12.9. The average molecular weight is 307 g/mol. The molecular weight excluding hydrogens is 282 g/mol. The molecule has 21 heavy (non-hydrogen) atoms. The van der Waals surface area contributed by atoms with Crippen LogP contribution in [0, 0.1) is 6.92 Å². The largest absolute Gasteiger partial charge is 0.307 e. The van der Waals surface area contributed by atoms with Crippen LogP contribution in [-0.4, -0.2) is 26.0 Å². The van der Waals surface area contributed by atoms with Crippen molar-refractivity contribution in [3.63, 3.8) is 0 Å². The van der Waals surface area contributed by atoms with Gasteiger partial charge in [0.25, 0.3) is 0 Å². The molecule has 2 aliphatic carbocycles. The molecule has 116 valence electrons. The number of benzene rings is 1. The van der Waals surface area contributed by atoms with E-state index < -0.39 is 9.84 Å². The topological polar surface area (TPSA) is 46.2 Å². The maximum Gasteiger partial charge on any atom is 0.150 e. The van der Waals surface area contributed by atoms with Crippen molar-refractivity contribution in [1.82, 2.24) is 5.32 Å². The van der Waals surface area contributed by atoms with Gasteiger partial charge in [0, 0.05) is 18.3 Å². The zero-order chi connectivity index (χ0) is 15.0. The number of fused-ring (bicyclic) bond motifs is 1. The molecular formula is C17H25NO2S. The minimum Gasteiger partial charge on any atom is -0.307 e. The summed E-state index contributed by atoms with van der Waals surface area (Å²) in [6.45, 7) is 2.14. The second-order valence-electron chi connectivity index (χ2n) is 6.78. The summed E-state index contributed by atoms with van der Waals surface area (Å²) >= 11 is 0. The van der Waals surface area contributed by atoms with E-state index in [-0.39, 0.29) is 5.25 Å². The molecule has 2 aliphatic rings. The van der Waals surface area contributed by atoms with E-state index in [0.717, 1.165) is 38.5 Å². The van der Waals surface area contributed by atoms with Crippen molar-refractivity contribution in [1.29, 1.82) is 0 Å². The van der Waals surface area contributed by atoms with Crippen LogP contribution < -0.4 is 5.32 Å². The summed E-state index contributed by atoms with van der Waals surface area (Å²) < 4.78 is 23.6. The molecule has 3 atom stereocenters. The van der Waals surface area contributed by atoms with Gasteiger partial charge in [0.1, 0.15) is 9.84 Å². The van der Waals surface area contributed by atoms with Gasteiger partial charge < -0.3 is 5.32 Å². The maximum atomic E-state index is 11.8. The quantitative estimate of drug-likeness (QED) is 0.934. The van der Waals surface area contributed by atoms with Gasteiger partial charge in [0.05, 0.1) is 5.25 Å². The summed E-state index contributed by atoms with van der Waals surface area (Å²) in [5, 5.41) is 3.58. The van der Waals surface area contributed by atoms with Gasteiger partial charge in [-0.15, -0.1) is 0 Å². The number of hydrogen-bond donors (Lipinski definition) is 1. The standard InChI is InChI=1S/C17H25NO2S/c1-12-6-8-16-13(10-12)7-9-17(16)18-14-4-3-5-15(11-14)21(2,19)20/h6,8,10,14-15,17-18H,3-5,7,9,11H2,1-2H3. The lowest BCUT2D eigenvalue weighted by molar-refractivity contribution is 0.337.